The molecule has 2 rings (SSSR count). The monoisotopic (exact) mass is 260 g/mol. The molecule has 0 bridgehead atoms. The standard InChI is InChI=1S/C16H24N2O/c1-3-18(12-15-6-4-5-9-17-15)11-14-10-13(2)7-8-16(14)19/h4-6,9,13-14H,3,7-8,10-12H2,1-2H3. The summed E-state index contributed by atoms with van der Waals surface area (Å²) in [5.41, 5.74) is 1.08. The van der Waals surface area contributed by atoms with Gasteiger partial charge < -0.3 is 0 Å². The van der Waals surface area contributed by atoms with Gasteiger partial charge in [0.1, 0.15) is 5.78 Å². The molecule has 0 amide bonds. The molecular weight excluding hydrogens is 236 g/mol. The van der Waals surface area contributed by atoms with E-state index >= 15 is 0 Å². The Morgan fingerprint density at radius 1 is 1.42 bits per heavy atom. The highest BCUT2D eigenvalue weighted by Gasteiger charge is 2.27. The minimum absolute atomic E-state index is 0.229. The molecule has 0 aliphatic heterocycles. The Bertz CT molecular complexity index is 404. The van der Waals surface area contributed by atoms with Crippen molar-refractivity contribution in [2.45, 2.75) is 39.7 Å². The van der Waals surface area contributed by atoms with Crippen LogP contribution in [0.2, 0.25) is 0 Å². The highest BCUT2D eigenvalue weighted by Crippen LogP contribution is 2.26. The Labute approximate surface area is 116 Å². The van der Waals surface area contributed by atoms with Crippen molar-refractivity contribution in [3.63, 3.8) is 0 Å². The number of hydrogen-bond acceptors (Lipinski definition) is 3. The third-order valence-electron chi connectivity index (χ3n) is 4.06. The van der Waals surface area contributed by atoms with E-state index in [0.29, 0.717) is 11.7 Å². The zero-order valence-corrected chi connectivity index (χ0v) is 12.0. The van der Waals surface area contributed by atoms with E-state index in [1.807, 2.05) is 24.4 Å². The van der Waals surface area contributed by atoms with Crippen LogP contribution in [0.1, 0.15) is 38.8 Å². The lowest BCUT2D eigenvalue weighted by Gasteiger charge is -2.30. The molecule has 0 aromatic carbocycles. The molecule has 0 spiro atoms. The van der Waals surface area contributed by atoms with Crippen LogP contribution >= 0.6 is 0 Å². The molecule has 1 aliphatic rings. The summed E-state index contributed by atoms with van der Waals surface area (Å²) in [4.78, 5) is 18.7. The van der Waals surface area contributed by atoms with Crippen molar-refractivity contribution in [2.75, 3.05) is 13.1 Å². The van der Waals surface area contributed by atoms with Crippen LogP contribution in [0.15, 0.2) is 24.4 Å². The Morgan fingerprint density at radius 3 is 2.95 bits per heavy atom. The molecule has 104 valence electrons. The van der Waals surface area contributed by atoms with Crippen molar-refractivity contribution in [3.8, 4) is 0 Å². The zero-order chi connectivity index (χ0) is 13.7. The third-order valence-corrected chi connectivity index (χ3v) is 4.06. The van der Waals surface area contributed by atoms with Gasteiger partial charge in [-0.1, -0.05) is 19.9 Å². The van der Waals surface area contributed by atoms with Gasteiger partial charge in [0.05, 0.1) is 5.69 Å². The van der Waals surface area contributed by atoms with Gasteiger partial charge in [-0.15, -0.1) is 0 Å². The maximum absolute atomic E-state index is 12.0. The molecule has 1 aromatic heterocycles. The van der Waals surface area contributed by atoms with Gasteiger partial charge in [-0.3, -0.25) is 14.7 Å². The SMILES string of the molecule is CCN(Cc1ccccn1)CC1CC(C)CCC1=O. The van der Waals surface area contributed by atoms with Crippen LogP contribution < -0.4 is 0 Å². The van der Waals surface area contributed by atoms with Gasteiger partial charge in [-0.2, -0.15) is 0 Å². The topological polar surface area (TPSA) is 33.2 Å². The van der Waals surface area contributed by atoms with E-state index in [2.05, 4.69) is 23.7 Å². The van der Waals surface area contributed by atoms with E-state index in [1.54, 1.807) is 0 Å². The Kier molecular flexibility index (Phi) is 5.08. The van der Waals surface area contributed by atoms with Crippen molar-refractivity contribution in [2.24, 2.45) is 11.8 Å². The Balaban J connectivity index is 1.93. The summed E-state index contributed by atoms with van der Waals surface area (Å²) >= 11 is 0. The number of pyridine rings is 1. The molecule has 1 heterocycles. The van der Waals surface area contributed by atoms with Crippen molar-refractivity contribution in [1.29, 1.82) is 0 Å². The predicted molar refractivity (Wildman–Crippen MR) is 76.7 cm³/mol. The van der Waals surface area contributed by atoms with E-state index in [1.165, 1.54) is 0 Å². The molecule has 2 unspecified atom stereocenters. The van der Waals surface area contributed by atoms with E-state index < -0.39 is 0 Å². The number of carbonyl (C=O) groups is 1. The number of aromatic nitrogens is 1. The fraction of sp³-hybridized carbons (Fsp3) is 0.625. The number of ketones is 1. The van der Waals surface area contributed by atoms with Gasteiger partial charge in [0.25, 0.3) is 0 Å². The van der Waals surface area contributed by atoms with Crippen molar-refractivity contribution < 1.29 is 4.79 Å². The Morgan fingerprint density at radius 2 is 2.26 bits per heavy atom. The zero-order valence-electron chi connectivity index (χ0n) is 12.0. The van der Waals surface area contributed by atoms with Gasteiger partial charge in [0, 0.05) is 31.6 Å². The minimum Gasteiger partial charge on any atom is -0.299 e. The van der Waals surface area contributed by atoms with E-state index in [9.17, 15) is 4.79 Å². The van der Waals surface area contributed by atoms with E-state index in [0.717, 1.165) is 44.6 Å². The lowest BCUT2D eigenvalue weighted by atomic mass is 9.81. The third kappa shape index (κ3) is 4.13. The smallest absolute Gasteiger partial charge is 0.137 e. The fourth-order valence-corrected chi connectivity index (χ4v) is 2.84. The molecule has 2 atom stereocenters. The maximum Gasteiger partial charge on any atom is 0.137 e. The summed E-state index contributed by atoms with van der Waals surface area (Å²) in [5, 5.41) is 0. The summed E-state index contributed by atoms with van der Waals surface area (Å²) in [6.45, 7) is 7.11. The second-order valence-corrected chi connectivity index (χ2v) is 5.69. The first kappa shape index (κ1) is 14.2. The van der Waals surface area contributed by atoms with Crippen LogP contribution in [-0.4, -0.2) is 28.8 Å². The fourth-order valence-electron chi connectivity index (χ4n) is 2.84. The molecule has 0 N–H and O–H groups in total. The summed E-state index contributed by atoms with van der Waals surface area (Å²) in [5.74, 6) is 1.38. The van der Waals surface area contributed by atoms with Gasteiger partial charge >= 0.3 is 0 Å². The molecule has 1 fully saturated rings. The first-order valence-corrected chi connectivity index (χ1v) is 7.34. The highest BCUT2D eigenvalue weighted by atomic mass is 16.1. The number of nitrogens with zero attached hydrogens (tertiary/aromatic N) is 2. The molecule has 0 radical (unpaired) electrons. The average Bonchev–Trinajstić information content (AvgIpc) is 2.43. The minimum atomic E-state index is 0.229. The molecule has 0 saturated heterocycles. The second kappa shape index (κ2) is 6.80. The molecule has 19 heavy (non-hydrogen) atoms. The van der Waals surface area contributed by atoms with Crippen LogP contribution in [-0.2, 0) is 11.3 Å². The number of Topliss-reactive ketones (excluding diaryl/α,β-unsaturated/α-hetero) is 1. The number of hydrogen-bond donors (Lipinski definition) is 0. The summed E-state index contributed by atoms with van der Waals surface area (Å²) in [6, 6.07) is 6.00. The number of rotatable bonds is 5. The van der Waals surface area contributed by atoms with Crippen molar-refractivity contribution in [3.05, 3.63) is 30.1 Å². The van der Waals surface area contributed by atoms with Crippen LogP contribution in [0.3, 0.4) is 0 Å². The van der Waals surface area contributed by atoms with Gasteiger partial charge in [0.2, 0.25) is 0 Å². The number of carbonyl (C=O) groups excluding carboxylic acids is 1. The molecular formula is C16H24N2O. The van der Waals surface area contributed by atoms with Gasteiger partial charge in [-0.05, 0) is 37.4 Å². The van der Waals surface area contributed by atoms with E-state index in [-0.39, 0.29) is 5.92 Å². The molecule has 3 heteroatoms. The normalized spacial score (nSPS) is 23.8. The summed E-state index contributed by atoms with van der Waals surface area (Å²) in [6.07, 6.45) is 4.73. The van der Waals surface area contributed by atoms with Crippen molar-refractivity contribution in [1.82, 2.24) is 9.88 Å². The summed E-state index contributed by atoms with van der Waals surface area (Å²) in [7, 11) is 0. The van der Waals surface area contributed by atoms with Crippen LogP contribution in [0.5, 0.6) is 0 Å². The first-order chi connectivity index (χ1) is 9.19. The molecule has 1 aliphatic carbocycles. The predicted octanol–water partition coefficient (Wildman–Crippen LogP) is 2.91. The van der Waals surface area contributed by atoms with Crippen LogP contribution in [0.4, 0.5) is 0 Å². The quantitative estimate of drug-likeness (QED) is 0.816. The lowest BCUT2D eigenvalue weighted by molar-refractivity contribution is -0.126. The van der Waals surface area contributed by atoms with Gasteiger partial charge in [0.15, 0.2) is 0 Å². The maximum atomic E-state index is 12.0. The Hall–Kier alpha value is -1.22. The molecule has 3 nitrogen and oxygen atoms in total. The van der Waals surface area contributed by atoms with E-state index in [4.69, 9.17) is 0 Å². The first-order valence-electron chi connectivity index (χ1n) is 7.34. The van der Waals surface area contributed by atoms with Crippen molar-refractivity contribution >= 4 is 5.78 Å². The highest BCUT2D eigenvalue weighted by molar-refractivity contribution is 5.81. The van der Waals surface area contributed by atoms with Gasteiger partial charge in [-0.25, -0.2) is 0 Å². The van der Waals surface area contributed by atoms with Crippen LogP contribution in [0.25, 0.3) is 0 Å². The molecule has 1 aromatic rings. The summed E-state index contributed by atoms with van der Waals surface area (Å²) < 4.78 is 0. The van der Waals surface area contributed by atoms with Crippen LogP contribution in [0, 0.1) is 11.8 Å². The average molecular weight is 260 g/mol. The second-order valence-electron chi connectivity index (χ2n) is 5.69. The molecule has 1 saturated carbocycles. The lowest BCUT2D eigenvalue weighted by Crippen LogP contribution is -2.36. The largest absolute Gasteiger partial charge is 0.299 e.